The van der Waals surface area contributed by atoms with Crippen molar-refractivity contribution in [2.24, 2.45) is 0 Å². The van der Waals surface area contributed by atoms with E-state index < -0.39 is 0 Å². The van der Waals surface area contributed by atoms with Crippen molar-refractivity contribution in [2.75, 3.05) is 12.3 Å². The minimum atomic E-state index is -0.239. The van der Waals surface area contributed by atoms with Crippen molar-refractivity contribution < 1.29 is 9.59 Å². The molecule has 2 N–H and O–H groups in total. The molecule has 0 atom stereocenters. The van der Waals surface area contributed by atoms with E-state index in [9.17, 15) is 9.59 Å². The topological polar surface area (TPSA) is 81.2 Å². The number of carbonyl (C=O) groups is 2. The summed E-state index contributed by atoms with van der Waals surface area (Å²) in [6.45, 7) is 0.740. The summed E-state index contributed by atoms with van der Waals surface area (Å²) in [5.74, 6) is 0.0115. The lowest BCUT2D eigenvalue weighted by Gasteiger charge is -2.26. The molecule has 2 aromatic rings. The normalized spacial score (nSPS) is 14.5. The zero-order valence-electron chi connectivity index (χ0n) is 10.8. The van der Waals surface area contributed by atoms with E-state index >= 15 is 0 Å². The van der Waals surface area contributed by atoms with E-state index in [-0.39, 0.29) is 18.2 Å². The van der Waals surface area contributed by atoms with E-state index in [4.69, 9.17) is 5.73 Å². The van der Waals surface area contributed by atoms with Crippen molar-refractivity contribution in [1.82, 2.24) is 14.7 Å². The van der Waals surface area contributed by atoms with Crippen molar-refractivity contribution in [2.45, 2.75) is 13.0 Å². The van der Waals surface area contributed by atoms with Gasteiger partial charge in [-0.2, -0.15) is 5.10 Å². The Morgan fingerprint density at radius 1 is 1.15 bits per heavy atom. The molecule has 3 rings (SSSR count). The number of benzene rings is 1. The molecule has 0 saturated heterocycles. The summed E-state index contributed by atoms with van der Waals surface area (Å²) >= 11 is 0. The molecule has 20 heavy (non-hydrogen) atoms. The van der Waals surface area contributed by atoms with E-state index in [0.717, 1.165) is 5.56 Å². The van der Waals surface area contributed by atoms with Crippen molar-refractivity contribution in [3.8, 4) is 0 Å². The fraction of sp³-hybridized carbons (Fsp3) is 0.214. The number of hydrogen-bond donors (Lipinski definition) is 1. The Hall–Kier alpha value is -2.63. The van der Waals surface area contributed by atoms with Crippen molar-refractivity contribution in [3.63, 3.8) is 0 Å². The van der Waals surface area contributed by atoms with Gasteiger partial charge in [-0.05, 0) is 17.7 Å². The van der Waals surface area contributed by atoms with Crippen LogP contribution in [-0.4, -0.2) is 33.0 Å². The molecule has 1 aromatic heterocycles. The van der Waals surface area contributed by atoms with Gasteiger partial charge in [0.15, 0.2) is 0 Å². The Balaban J connectivity index is 1.77. The zero-order valence-corrected chi connectivity index (χ0v) is 10.8. The summed E-state index contributed by atoms with van der Waals surface area (Å²) in [7, 11) is 0. The van der Waals surface area contributed by atoms with E-state index in [1.165, 1.54) is 4.90 Å². The predicted molar refractivity (Wildman–Crippen MR) is 72.8 cm³/mol. The predicted octanol–water partition coefficient (Wildman–Crippen LogP) is 0.690. The van der Waals surface area contributed by atoms with Gasteiger partial charge in [-0.15, -0.1) is 0 Å². The Bertz CT molecular complexity index is 677. The van der Waals surface area contributed by atoms with Crippen LogP contribution in [0.15, 0.2) is 36.5 Å². The smallest absolute Gasteiger partial charge is 0.260 e. The third-order valence-electron chi connectivity index (χ3n) is 3.35. The fourth-order valence-corrected chi connectivity index (χ4v) is 2.33. The number of nitrogens with zero attached hydrogens (tertiary/aromatic N) is 3. The fourth-order valence-electron chi connectivity index (χ4n) is 2.33. The minimum Gasteiger partial charge on any atom is -0.382 e. The number of fused-ring (bicyclic) bond motifs is 1. The summed E-state index contributed by atoms with van der Waals surface area (Å²) < 4.78 is 1.62. The molecule has 6 heteroatoms. The van der Waals surface area contributed by atoms with E-state index in [2.05, 4.69) is 5.10 Å². The lowest BCUT2D eigenvalue weighted by atomic mass is 9.98. The van der Waals surface area contributed by atoms with Crippen LogP contribution >= 0.6 is 0 Å². The average molecular weight is 270 g/mol. The second-order valence-electron chi connectivity index (χ2n) is 4.69. The summed E-state index contributed by atoms with van der Waals surface area (Å²) in [5.41, 5.74) is 6.92. The van der Waals surface area contributed by atoms with Gasteiger partial charge in [0.2, 0.25) is 5.91 Å². The second kappa shape index (κ2) is 4.80. The van der Waals surface area contributed by atoms with Crippen molar-refractivity contribution >= 4 is 17.6 Å². The van der Waals surface area contributed by atoms with E-state index in [1.54, 1.807) is 29.1 Å². The van der Waals surface area contributed by atoms with Crippen LogP contribution in [0, 0.1) is 0 Å². The molecule has 0 unspecified atom stereocenters. The van der Waals surface area contributed by atoms with Gasteiger partial charge in [-0.25, -0.2) is 0 Å². The third kappa shape index (κ3) is 2.16. The molecule has 2 heterocycles. The lowest BCUT2D eigenvalue weighted by molar-refractivity contribution is -0.128. The number of hydrogen-bond acceptors (Lipinski definition) is 4. The Kier molecular flexibility index (Phi) is 2.98. The number of nitrogen functional groups attached to an aromatic ring is 1. The molecule has 2 amide bonds. The van der Waals surface area contributed by atoms with Crippen molar-refractivity contribution in [3.05, 3.63) is 47.7 Å². The monoisotopic (exact) mass is 270 g/mol. The third-order valence-corrected chi connectivity index (χ3v) is 3.35. The first-order valence-corrected chi connectivity index (χ1v) is 6.36. The maximum atomic E-state index is 12.3. The van der Waals surface area contributed by atoms with Crippen LogP contribution in [0.4, 0.5) is 5.82 Å². The molecule has 102 valence electrons. The molecule has 6 nitrogen and oxygen atoms in total. The number of amides is 2. The van der Waals surface area contributed by atoms with E-state index in [0.29, 0.717) is 24.5 Å². The number of carbonyl (C=O) groups excluding carboxylic acids is 2. The van der Waals surface area contributed by atoms with Gasteiger partial charge < -0.3 is 5.73 Å². The Morgan fingerprint density at radius 3 is 2.70 bits per heavy atom. The highest BCUT2D eigenvalue weighted by Crippen LogP contribution is 2.19. The van der Waals surface area contributed by atoms with Gasteiger partial charge in [0.1, 0.15) is 5.82 Å². The molecular formula is C14H14N4O2. The zero-order chi connectivity index (χ0) is 14.1. The van der Waals surface area contributed by atoms with Gasteiger partial charge in [-0.3, -0.25) is 19.2 Å². The summed E-state index contributed by atoms with van der Waals surface area (Å²) in [6, 6.07) is 8.88. The van der Waals surface area contributed by atoms with Crippen LogP contribution < -0.4 is 5.73 Å². The van der Waals surface area contributed by atoms with Crippen LogP contribution in [0.3, 0.4) is 0 Å². The number of anilines is 1. The molecule has 0 fully saturated rings. The van der Waals surface area contributed by atoms with Crippen LogP contribution in [0.5, 0.6) is 0 Å². The largest absolute Gasteiger partial charge is 0.382 e. The van der Waals surface area contributed by atoms with Gasteiger partial charge in [-0.1, -0.05) is 18.2 Å². The molecule has 1 aromatic carbocycles. The van der Waals surface area contributed by atoms with Gasteiger partial charge in [0, 0.05) is 18.3 Å². The van der Waals surface area contributed by atoms with Crippen LogP contribution in [0.1, 0.15) is 15.9 Å². The molecule has 0 aliphatic carbocycles. The first-order valence-electron chi connectivity index (χ1n) is 6.36. The standard InChI is InChI=1S/C14H14N4O2/c15-12-5-6-17(16-12)7-8-18-13(19)9-10-3-1-2-4-11(10)14(18)20/h1-6H,7-9H2,(H2,15,16). The first kappa shape index (κ1) is 12.4. The molecule has 0 spiro atoms. The molecule has 0 radical (unpaired) electrons. The summed E-state index contributed by atoms with van der Waals surface area (Å²) in [6.07, 6.45) is 1.99. The molecule has 0 saturated carbocycles. The SMILES string of the molecule is Nc1ccn(CCN2C(=O)Cc3ccccc3C2=O)n1. The number of aromatic nitrogens is 2. The second-order valence-corrected chi connectivity index (χ2v) is 4.69. The Labute approximate surface area is 115 Å². The number of nitrogens with two attached hydrogens (primary N) is 1. The highest BCUT2D eigenvalue weighted by molar-refractivity contribution is 6.09. The van der Waals surface area contributed by atoms with Crippen molar-refractivity contribution in [1.29, 1.82) is 0 Å². The highest BCUT2D eigenvalue weighted by Gasteiger charge is 2.30. The van der Waals surface area contributed by atoms with E-state index in [1.807, 2.05) is 12.1 Å². The Morgan fingerprint density at radius 2 is 1.95 bits per heavy atom. The van der Waals surface area contributed by atoms with Crippen LogP contribution in [-0.2, 0) is 17.8 Å². The average Bonchev–Trinajstić information content (AvgIpc) is 2.84. The number of rotatable bonds is 3. The van der Waals surface area contributed by atoms with Crippen LogP contribution in [0.25, 0.3) is 0 Å². The molecular weight excluding hydrogens is 256 g/mol. The first-order chi connectivity index (χ1) is 9.65. The summed E-state index contributed by atoms with van der Waals surface area (Å²) in [5, 5.41) is 4.03. The molecule has 0 bridgehead atoms. The number of imide groups is 1. The maximum absolute atomic E-state index is 12.3. The van der Waals surface area contributed by atoms with Gasteiger partial charge >= 0.3 is 0 Å². The quantitative estimate of drug-likeness (QED) is 0.832. The summed E-state index contributed by atoms with van der Waals surface area (Å²) in [4.78, 5) is 25.6. The van der Waals surface area contributed by atoms with Gasteiger partial charge in [0.05, 0.1) is 13.0 Å². The lowest BCUT2D eigenvalue weighted by Crippen LogP contribution is -2.43. The van der Waals surface area contributed by atoms with Crippen LogP contribution in [0.2, 0.25) is 0 Å². The van der Waals surface area contributed by atoms with Gasteiger partial charge in [0.25, 0.3) is 5.91 Å². The molecule has 1 aliphatic rings. The molecule has 1 aliphatic heterocycles. The minimum absolute atomic E-state index is 0.172. The maximum Gasteiger partial charge on any atom is 0.260 e. The highest BCUT2D eigenvalue weighted by atomic mass is 16.2.